The largest absolute Gasteiger partial charge is 0.382 e. The van der Waals surface area contributed by atoms with Crippen LogP contribution in [-0.4, -0.2) is 69.9 Å². The Bertz CT molecular complexity index is 432. The van der Waals surface area contributed by atoms with Crippen LogP contribution in [0, 0.1) is 0 Å². The molecule has 0 spiro atoms. The molecule has 9 heteroatoms. The maximum Gasteiger partial charge on any atom is 0.324 e. The lowest BCUT2D eigenvalue weighted by molar-refractivity contribution is -0.0244. The summed E-state index contributed by atoms with van der Waals surface area (Å²) >= 11 is 5.02. The highest BCUT2D eigenvalue weighted by Crippen LogP contribution is 2.47. The minimum absolute atomic E-state index is 0.0194. The summed E-state index contributed by atoms with van der Waals surface area (Å²) < 4.78 is 47.0. The Labute approximate surface area is 132 Å². The summed E-state index contributed by atoms with van der Waals surface area (Å²) in [7, 11) is 3.05. The van der Waals surface area contributed by atoms with Gasteiger partial charge in [-0.05, 0) is 18.2 Å². The van der Waals surface area contributed by atoms with Gasteiger partial charge in [0.15, 0.2) is 0 Å². The van der Waals surface area contributed by atoms with Gasteiger partial charge in [0.05, 0.1) is 28.2 Å². The third-order valence-electron chi connectivity index (χ3n) is 3.33. The summed E-state index contributed by atoms with van der Waals surface area (Å²) in [6, 6.07) is 0. The first-order valence-electron chi connectivity index (χ1n) is 7.83. The third kappa shape index (κ3) is 5.20. The molecule has 0 amide bonds. The fourth-order valence-corrected chi connectivity index (χ4v) is 3.69. The Kier molecular flexibility index (Phi) is 5.89. The zero-order valence-electron chi connectivity index (χ0n) is 14.0. The van der Waals surface area contributed by atoms with Gasteiger partial charge in [-0.1, -0.05) is 0 Å². The zero-order chi connectivity index (χ0) is 17.0. The molecule has 1 N–H and O–H groups in total. The van der Waals surface area contributed by atoms with Crippen LogP contribution < -0.4 is 0 Å². The fraction of sp³-hybridized carbons (Fsp3) is 1.00. The average molecular weight is 346 g/mol. The Morgan fingerprint density at radius 2 is 1.81 bits per heavy atom. The van der Waals surface area contributed by atoms with Crippen LogP contribution in [0.5, 0.6) is 0 Å². The Hall–Kier alpha value is 0.370. The van der Waals surface area contributed by atoms with Gasteiger partial charge >= 0.3 is 6.72 Å². The normalized spacial score (nSPS) is 44.3. The maximum absolute atomic E-state index is 10.2. The Balaban J connectivity index is 1.85. The van der Waals surface area contributed by atoms with Crippen molar-refractivity contribution in [3.05, 3.63) is 0 Å². The summed E-state index contributed by atoms with van der Waals surface area (Å²) in [5.41, 5.74) is 0. The first-order chi connectivity index (χ1) is 10.8. The third-order valence-corrected chi connectivity index (χ3v) is 4.92. The van der Waals surface area contributed by atoms with E-state index in [-0.39, 0.29) is 25.7 Å². The van der Waals surface area contributed by atoms with Crippen molar-refractivity contribution in [2.24, 2.45) is 0 Å². The summed E-state index contributed by atoms with van der Waals surface area (Å²) in [5.74, 6) is 0. The number of hydrogen-bond donors (Lipinski definition) is 1. The van der Waals surface area contributed by atoms with Crippen LogP contribution >= 0.6 is 6.72 Å². The second kappa shape index (κ2) is 8.29. The molecule has 0 aromatic rings. The molecular formula is C12H23O7PS. The highest BCUT2D eigenvalue weighted by molar-refractivity contribution is 8.07. The standard InChI is InChI=1S/C12H23O7PS/c1-14-7-11-10(4-6-16-11)19-20(13,21)18-8-12-9(15-2)3-5-17-12/h9-12H,3-8H2,1-2H3,(H,13,21)/t9-,10-,11+,12+,20?/m0/s1/i5T,6T/t5-,6-,9-,10-,11+,12+,20?. The van der Waals surface area contributed by atoms with E-state index in [9.17, 15) is 4.89 Å². The molecule has 2 saturated heterocycles. The Morgan fingerprint density at radius 3 is 2.43 bits per heavy atom. The van der Waals surface area contributed by atoms with E-state index in [1.165, 1.54) is 14.2 Å². The second-order valence-corrected chi connectivity index (χ2v) is 7.58. The van der Waals surface area contributed by atoms with Crippen LogP contribution in [0.25, 0.3) is 0 Å². The first-order valence-corrected chi connectivity index (χ1v) is 9.26. The van der Waals surface area contributed by atoms with Crippen molar-refractivity contribution in [3.63, 3.8) is 0 Å². The molecular weight excluding hydrogens is 319 g/mol. The van der Waals surface area contributed by atoms with Gasteiger partial charge < -0.3 is 32.9 Å². The summed E-state index contributed by atoms with van der Waals surface area (Å²) in [5, 5.41) is 0. The van der Waals surface area contributed by atoms with Crippen molar-refractivity contribution >= 4 is 18.5 Å². The molecule has 2 fully saturated rings. The minimum Gasteiger partial charge on any atom is -0.382 e. The van der Waals surface area contributed by atoms with Gasteiger partial charge in [-0.2, -0.15) is 0 Å². The molecule has 2 aliphatic heterocycles. The van der Waals surface area contributed by atoms with Crippen molar-refractivity contribution in [1.82, 2.24) is 0 Å². The van der Waals surface area contributed by atoms with Crippen molar-refractivity contribution in [2.45, 2.75) is 37.3 Å². The van der Waals surface area contributed by atoms with Gasteiger partial charge in [-0.15, -0.1) is 0 Å². The number of hydrogen-bond acceptors (Lipinski definition) is 7. The van der Waals surface area contributed by atoms with Crippen LogP contribution in [0.2, 0.25) is 0 Å². The van der Waals surface area contributed by atoms with Gasteiger partial charge in [0.2, 0.25) is 0 Å². The van der Waals surface area contributed by atoms with Crippen molar-refractivity contribution < 1.29 is 35.6 Å². The van der Waals surface area contributed by atoms with Gasteiger partial charge in [0, 0.05) is 33.8 Å². The molecule has 0 bridgehead atoms. The van der Waals surface area contributed by atoms with Crippen molar-refractivity contribution in [1.29, 1.82) is 0 Å². The van der Waals surface area contributed by atoms with E-state index in [1.807, 2.05) is 0 Å². The zero-order valence-corrected chi connectivity index (χ0v) is 13.8. The molecule has 0 saturated carbocycles. The molecule has 124 valence electrons. The highest BCUT2D eigenvalue weighted by atomic mass is 32.5. The highest BCUT2D eigenvalue weighted by Gasteiger charge is 2.35. The molecule has 2 rings (SSSR count). The van der Waals surface area contributed by atoms with E-state index in [4.69, 9.17) is 42.5 Å². The van der Waals surface area contributed by atoms with Crippen LogP contribution in [-0.2, 0) is 39.8 Å². The predicted octanol–water partition coefficient (Wildman–Crippen LogP) is 0.844. The van der Waals surface area contributed by atoms with Crippen molar-refractivity contribution in [2.75, 3.05) is 40.6 Å². The van der Waals surface area contributed by atoms with E-state index >= 15 is 0 Å². The predicted molar refractivity (Wildman–Crippen MR) is 78.7 cm³/mol. The second-order valence-electron chi connectivity index (χ2n) is 4.79. The maximum atomic E-state index is 10.2. The summed E-state index contributed by atoms with van der Waals surface area (Å²) in [6.07, 6.45) is -1.05. The van der Waals surface area contributed by atoms with Crippen LogP contribution in [0.4, 0.5) is 0 Å². The summed E-state index contributed by atoms with van der Waals surface area (Å²) in [4.78, 5) is 10.2. The van der Waals surface area contributed by atoms with E-state index in [0.29, 0.717) is 6.42 Å². The van der Waals surface area contributed by atoms with E-state index in [2.05, 4.69) is 0 Å². The van der Waals surface area contributed by atoms with Gasteiger partial charge in [-0.3, -0.25) is 0 Å². The smallest absolute Gasteiger partial charge is 0.324 e. The molecule has 0 aliphatic carbocycles. The van der Waals surface area contributed by atoms with Gasteiger partial charge in [0.1, 0.15) is 12.2 Å². The molecule has 2 aliphatic rings. The van der Waals surface area contributed by atoms with Gasteiger partial charge in [-0.25, -0.2) is 0 Å². The lowest BCUT2D eigenvalue weighted by Gasteiger charge is -2.25. The number of rotatable bonds is 8. The first kappa shape index (κ1) is 14.9. The SMILES string of the molecule is [3H][C@H]1C[C@H](OC)[C@@H](COP(O)(=S)O[C@H]2C[C@H]([3H])O[C@@H]2COC)O1. The molecule has 7 atom stereocenters. The van der Waals surface area contributed by atoms with Crippen LogP contribution in [0.3, 0.4) is 0 Å². The van der Waals surface area contributed by atoms with E-state index < -0.39 is 38.2 Å². The molecule has 2 heterocycles. The van der Waals surface area contributed by atoms with Gasteiger partial charge in [0.25, 0.3) is 0 Å². The van der Waals surface area contributed by atoms with Crippen LogP contribution in [0.1, 0.15) is 15.6 Å². The molecule has 1 unspecified atom stereocenters. The number of ether oxygens (including phenoxy) is 4. The van der Waals surface area contributed by atoms with E-state index in [0.717, 1.165) is 0 Å². The molecule has 7 nitrogen and oxygen atoms in total. The lowest BCUT2D eigenvalue weighted by atomic mass is 10.2. The molecule has 0 aromatic carbocycles. The average Bonchev–Trinajstić information content (AvgIpc) is 2.99. The minimum atomic E-state index is -3.52. The Morgan fingerprint density at radius 1 is 1.19 bits per heavy atom. The van der Waals surface area contributed by atoms with Crippen LogP contribution in [0.15, 0.2) is 0 Å². The summed E-state index contributed by atoms with van der Waals surface area (Å²) in [6.45, 7) is -4.71. The monoisotopic (exact) mass is 346 g/mol. The molecule has 21 heavy (non-hydrogen) atoms. The molecule has 0 aromatic heterocycles. The number of methoxy groups -OCH3 is 2. The topological polar surface area (TPSA) is 75.6 Å². The molecule has 0 radical (unpaired) electrons. The van der Waals surface area contributed by atoms with E-state index in [1.54, 1.807) is 0 Å². The lowest BCUT2D eigenvalue weighted by Crippen LogP contribution is -2.30. The fourth-order valence-electron chi connectivity index (χ4n) is 2.21. The quantitative estimate of drug-likeness (QED) is 0.648. The van der Waals surface area contributed by atoms with Crippen molar-refractivity contribution in [3.8, 4) is 0 Å².